The summed E-state index contributed by atoms with van der Waals surface area (Å²) >= 11 is 0. The van der Waals surface area contributed by atoms with Gasteiger partial charge in [-0.3, -0.25) is 14.4 Å². The zero-order chi connectivity index (χ0) is 18.7. The number of amides is 3. The maximum Gasteiger partial charge on any atom is 0.241 e. The smallest absolute Gasteiger partial charge is 0.241 e. The van der Waals surface area contributed by atoms with E-state index in [9.17, 15) is 18.8 Å². The molecule has 1 saturated carbocycles. The molecular formula is C18H23FN4O3. The number of benzene rings is 1. The van der Waals surface area contributed by atoms with Gasteiger partial charge in [0, 0.05) is 44.7 Å². The van der Waals surface area contributed by atoms with E-state index in [-0.39, 0.29) is 35.9 Å². The average molecular weight is 362 g/mol. The van der Waals surface area contributed by atoms with E-state index in [0.717, 1.165) is 12.8 Å². The molecule has 26 heavy (non-hydrogen) atoms. The third-order valence-corrected chi connectivity index (χ3v) is 4.59. The molecule has 1 aromatic carbocycles. The molecule has 1 heterocycles. The van der Waals surface area contributed by atoms with Gasteiger partial charge >= 0.3 is 0 Å². The number of rotatable bonds is 5. The Morgan fingerprint density at radius 3 is 2.38 bits per heavy atom. The summed E-state index contributed by atoms with van der Waals surface area (Å²) in [5.41, 5.74) is 0.619. The Balaban J connectivity index is 1.49. The zero-order valence-electron chi connectivity index (χ0n) is 14.8. The van der Waals surface area contributed by atoms with Crippen LogP contribution in [0.15, 0.2) is 18.2 Å². The number of piperazine rings is 1. The van der Waals surface area contributed by atoms with E-state index >= 15 is 0 Å². The van der Waals surface area contributed by atoms with E-state index in [1.165, 1.54) is 25.1 Å². The van der Waals surface area contributed by atoms with Gasteiger partial charge in [0.25, 0.3) is 0 Å². The fourth-order valence-corrected chi connectivity index (χ4v) is 2.99. The first-order valence-electron chi connectivity index (χ1n) is 8.81. The minimum absolute atomic E-state index is 0.0446. The van der Waals surface area contributed by atoms with Crippen LogP contribution in [0.5, 0.6) is 0 Å². The van der Waals surface area contributed by atoms with Crippen molar-refractivity contribution in [3.63, 3.8) is 0 Å². The highest BCUT2D eigenvalue weighted by Gasteiger charge is 2.35. The van der Waals surface area contributed by atoms with Crippen molar-refractivity contribution in [2.45, 2.75) is 19.8 Å². The van der Waals surface area contributed by atoms with Crippen molar-refractivity contribution in [1.82, 2.24) is 9.80 Å². The van der Waals surface area contributed by atoms with Crippen molar-refractivity contribution < 1.29 is 18.8 Å². The molecule has 1 aliphatic carbocycles. The summed E-state index contributed by atoms with van der Waals surface area (Å²) in [7, 11) is 0. The van der Waals surface area contributed by atoms with Gasteiger partial charge in [-0.15, -0.1) is 0 Å². The topological polar surface area (TPSA) is 81.8 Å². The molecular weight excluding hydrogens is 339 g/mol. The van der Waals surface area contributed by atoms with Crippen molar-refractivity contribution in [3.8, 4) is 0 Å². The molecule has 2 fully saturated rings. The Morgan fingerprint density at radius 2 is 1.77 bits per heavy atom. The van der Waals surface area contributed by atoms with Gasteiger partial charge in [0.05, 0.1) is 12.2 Å². The van der Waals surface area contributed by atoms with Crippen LogP contribution in [-0.4, -0.2) is 60.2 Å². The van der Waals surface area contributed by atoms with E-state index < -0.39 is 5.82 Å². The van der Waals surface area contributed by atoms with Crippen LogP contribution in [0.1, 0.15) is 19.8 Å². The fraction of sp³-hybridized carbons (Fsp3) is 0.500. The Bertz CT molecular complexity index is 712. The molecule has 1 aliphatic heterocycles. The molecule has 0 atom stereocenters. The van der Waals surface area contributed by atoms with Crippen LogP contribution in [-0.2, 0) is 14.4 Å². The second kappa shape index (κ2) is 7.72. The van der Waals surface area contributed by atoms with Crippen molar-refractivity contribution in [2.75, 3.05) is 43.4 Å². The number of anilines is 2. The van der Waals surface area contributed by atoms with Gasteiger partial charge < -0.3 is 20.4 Å². The fourth-order valence-electron chi connectivity index (χ4n) is 2.99. The van der Waals surface area contributed by atoms with Crippen LogP contribution in [0.3, 0.4) is 0 Å². The van der Waals surface area contributed by atoms with Crippen molar-refractivity contribution in [2.24, 2.45) is 5.92 Å². The van der Waals surface area contributed by atoms with Crippen molar-refractivity contribution >= 4 is 29.1 Å². The molecule has 0 aromatic heterocycles. The second-order valence-electron chi connectivity index (χ2n) is 6.71. The van der Waals surface area contributed by atoms with Crippen molar-refractivity contribution in [1.29, 1.82) is 0 Å². The number of halogens is 1. The quantitative estimate of drug-likeness (QED) is 0.827. The Labute approximate surface area is 151 Å². The summed E-state index contributed by atoms with van der Waals surface area (Å²) in [5.74, 6) is -0.498. The van der Waals surface area contributed by atoms with Crippen LogP contribution in [0.25, 0.3) is 0 Å². The first-order chi connectivity index (χ1) is 12.4. The van der Waals surface area contributed by atoms with Gasteiger partial charge in [0.2, 0.25) is 17.7 Å². The summed E-state index contributed by atoms with van der Waals surface area (Å²) in [4.78, 5) is 39.0. The normalized spacial score (nSPS) is 17.0. The number of hydrogen-bond donors (Lipinski definition) is 2. The van der Waals surface area contributed by atoms with Crippen LogP contribution in [0.2, 0.25) is 0 Å². The summed E-state index contributed by atoms with van der Waals surface area (Å²) < 4.78 is 13.9. The number of nitrogens with one attached hydrogen (secondary N) is 2. The van der Waals surface area contributed by atoms with E-state index in [2.05, 4.69) is 10.6 Å². The zero-order valence-corrected chi connectivity index (χ0v) is 14.8. The van der Waals surface area contributed by atoms with Gasteiger partial charge in [0.15, 0.2) is 0 Å². The number of hydrogen-bond acceptors (Lipinski definition) is 4. The lowest BCUT2D eigenvalue weighted by Gasteiger charge is -2.35. The van der Waals surface area contributed by atoms with Crippen LogP contribution in [0.4, 0.5) is 15.8 Å². The lowest BCUT2D eigenvalue weighted by molar-refractivity contribution is -0.139. The summed E-state index contributed by atoms with van der Waals surface area (Å²) in [6.45, 7) is 3.41. The van der Waals surface area contributed by atoms with E-state index in [1.807, 2.05) is 4.90 Å². The molecule has 140 valence electrons. The number of carbonyl (C=O) groups excluding carboxylic acids is 3. The molecule has 0 spiro atoms. The Morgan fingerprint density at radius 1 is 1.12 bits per heavy atom. The maximum atomic E-state index is 13.9. The SMILES string of the molecule is CC(=O)Nc1ccc(F)c(NCC(=O)N2CCN(C(=O)C3CC3)CC2)c1. The second-order valence-corrected chi connectivity index (χ2v) is 6.71. The van der Waals surface area contributed by atoms with Crippen molar-refractivity contribution in [3.05, 3.63) is 24.0 Å². The lowest BCUT2D eigenvalue weighted by Crippen LogP contribution is -2.52. The van der Waals surface area contributed by atoms with E-state index in [0.29, 0.717) is 31.9 Å². The van der Waals surface area contributed by atoms with E-state index in [1.54, 1.807) is 4.90 Å². The Kier molecular flexibility index (Phi) is 5.39. The summed E-state index contributed by atoms with van der Waals surface area (Å²) in [6, 6.07) is 4.15. The molecule has 7 nitrogen and oxygen atoms in total. The first-order valence-corrected chi connectivity index (χ1v) is 8.81. The molecule has 1 aromatic rings. The van der Waals surface area contributed by atoms with Gasteiger partial charge in [-0.05, 0) is 31.0 Å². The minimum Gasteiger partial charge on any atom is -0.374 e. The molecule has 2 aliphatic rings. The van der Waals surface area contributed by atoms with Gasteiger partial charge in [0.1, 0.15) is 5.82 Å². The molecule has 1 saturated heterocycles. The molecule has 0 bridgehead atoms. The molecule has 3 rings (SSSR count). The van der Waals surface area contributed by atoms with E-state index in [4.69, 9.17) is 0 Å². The lowest BCUT2D eigenvalue weighted by atomic mass is 10.2. The largest absolute Gasteiger partial charge is 0.374 e. The van der Waals surface area contributed by atoms with Crippen LogP contribution < -0.4 is 10.6 Å². The molecule has 0 unspecified atom stereocenters. The number of carbonyl (C=O) groups is 3. The summed E-state index contributed by atoms with van der Waals surface area (Å²) in [5, 5.41) is 5.36. The third kappa shape index (κ3) is 4.50. The van der Waals surface area contributed by atoms with Gasteiger partial charge in [-0.2, -0.15) is 0 Å². The highest BCUT2D eigenvalue weighted by molar-refractivity contribution is 5.89. The standard InChI is InChI=1S/C18H23FN4O3/c1-12(24)21-14-4-5-15(19)16(10-14)20-11-17(25)22-6-8-23(9-7-22)18(26)13-2-3-13/h4-5,10,13,20H,2-3,6-9,11H2,1H3,(H,21,24). The predicted molar refractivity (Wildman–Crippen MR) is 95.1 cm³/mol. The minimum atomic E-state index is -0.494. The van der Waals surface area contributed by atoms with Gasteiger partial charge in [-0.1, -0.05) is 0 Å². The molecule has 3 amide bonds. The molecule has 0 radical (unpaired) electrons. The molecule has 2 N–H and O–H groups in total. The summed E-state index contributed by atoms with van der Waals surface area (Å²) in [6.07, 6.45) is 1.95. The predicted octanol–water partition coefficient (Wildman–Crippen LogP) is 1.28. The van der Waals surface area contributed by atoms with Crippen LogP contribution >= 0.6 is 0 Å². The first kappa shape index (κ1) is 18.2. The highest BCUT2D eigenvalue weighted by Crippen LogP contribution is 2.31. The molecule has 8 heteroatoms. The average Bonchev–Trinajstić information content (AvgIpc) is 3.46. The number of nitrogens with zero attached hydrogens (tertiary/aromatic N) is 2. The van der Waals surface area contributed by atoms with Crippen LogP contribution in [0, 0.1) is 11.7 Å². The highest BCUT2D eigenvalue weighted by atomic mass is 19.1. The Hall–Kier alpha value is -2.64. The third-order valence-electron chi connectivity index (χ3n) is 4.59. The van der Waals surface area contributed by atoms with Gasteiger partial charge in [-0.25, -0.2) is 4.39 Å². The monoisotopic (exact) mass is 362 g/mol. The maximum absolute atomic E-state index is 13.9.